The van der Waals surface area contributed by atoms with E-state index < -0.39 is 0 Å². The monoisotopic (exact) mass is 244 g/mol. The van der Waals surface area contributed by atoms with Gasteiger partial charge in [0.15, 0.2) is 0 Å². The first-order valence-corrected chi connectivity index (χ1v) is 6.31. The van der Waals surface area contributed by atoms with Crippen LogP contribution in [0, 0.1) is 0 Å². The number of methoxy groups -OCH3 is 1. The fourth-order valence-corrected chi connectivity index (χ4v) is 2.19. The molecule has 0 aliphatic rings. The standard InChI is InChI=1S/C15H20N2O/c1-5-15-14(10-16-17(15)3)13-8-6-12(7-9-13)11(2)18-4/h6-11H,5H2,1-4H3/t11-/m0/s1. The van der Waals surface area contributed by atoms with Crippen LogP contribution in [0.25, 0.3) is 11.1 Å². The maximum Gasteiger partial charge on any atom is 0.0793 e. The molecule has 96 valence electrons. The second-order valence-corrected chi connectivity index (χ2v) is 4.48. The Morgan fingerprint density at radius 1 is 1.28 bits per heavy atom. The topological polar surface area (TPSA) is 27.1 Å². The van der Waals surface area contributed by atoms with E-state index >= 15 is 0 Å². The maximum atomic E-state index is 5.31. The molecule has 0 unspecified atom stereocenters. The molecule has 0 aliphatic heterocycles. The van der Waals surface area contributed by atoms with Gasteiger partial charge in [-0.1, -0.05) is 31.2 Å². The van der Waals surface area contributed by atoms with Crippen molar-refractivity contribution in [2.24, 2.45) is 7.05 Å². The zero-order valence-corrected chi connectivity index (χ0v) is 11.5. The molecule has 0 aliphatic carbocycles. The van der Waals surface area contributed by atoms with Crippen LogP contribution < -0.4 is 0 Å². The summed E-state index contributed by atoms with van der Waals surface area (Å²) in [7, 11) is 3.72. The van der Waals surface area contributed by atoms with Gasteiger partial charge in [0.2, 0.25) is 0 Å². The molecule has 0 N–H and O–H groups in total. The van der Waals surface area contributed by atoms with Gasteiger partial charge in [0.05, 0.1) is 12.3 Å². The predicted molar refractivity (Wildman–Crippen MR) is 73.4 cm³/mol. The molecule has 2 rings (SSSR count). The first kappa shape index (κ1) is 12.8. The average molecular weight is 244 g/mol. The van der Waals surface area contributed by atoms with Crippen LogP contribution in [0.1, 0.15) is 31.2 Å². The van der Waals surface area contributed by atoms with E-state index in [4.69, 9.17) is 4.74 Å². The lowest BCUT2D eigenvalue weighted by atomic mass is 10.0. The van der Waals surface area contributed by atoms with Gasteiger partial charge in [-0.25, -0.2) is 0 Å². The van der Waals surface area contributed by atoms with Crippen molar-refractivity contribution in [3.05, 3.63) is 41.7 Å². The molecule has 0 bridgehead atoms. The number of hydrogen-bond donors (Lipinski definition) is 0. The zero-order chi connectivity index (χ0) is 13.1. The average Bonchev–Trinajstić information content (AvgIpc) is 2.79. The van der Waals surface area contributed by atoms with Crippen LogP contribution in [0.3, 0.4) is 0 Å². The van der Waals surface area contributed by atoms with E-state index in [1.165, 1.54) is 22.4 Å². The Bertz CT molecular complexity index is 514. The van der Waals surface area contributed by atoms with Gasteiger partial charge in [-0.3, -0.25) is 4.68 Å². The Morgan fingerprint density at radius 3 is 2.50 bits per heavy atom. The summed E-state index contributed by atoms with van der Waals surface area (Å²) < 4.78 is 7.26. The van der Waals surface area contributed by atoms with Crippen molar-refractivity contribution < 1.29 is 4.74 Å². The third kappa shape index (κ3) is 2.31. The zero-order valence-electron chi connectivity index (χ0n) is 11.5. The van der Waals surface area contributed by atoms with E-state index in [2.05, 4.69) is 43.2 Å². The number of hydrogen-bond acceptors (Lipinski definition) is 2. The van der Waals surface area contributed by atoms with Crippen molar-refractivity contribution in [2.45, 2.75) is 26.4 Å². The van der Waals surface area contributed by atoms with Crippen molar-refractivity contribution in [3.8, 4) is 11.1 Å². The highest BCUT2D eigenvalue weighted by Gasteiger charge is 2.09. The summed E-state index contributed by atoms with van der Waals surface area (Å²) in [5, 5.41) is 4.33. The second kappa shape index (κ2) is 5.36. The molecule has 0 fully saturated rings. The highest BCUT2D eigenvalue weighted by atomic mass is 16.5. The summed E-state index contributed by atoms with van der Waals surface area (Å²) in [4.78, 5) is 0. The number of nitrogens with zero attached hydrogens (tertiary/aromatic N) is 2. The summed E-state index contributed by atoms with van der Waals surface area (Å²) in [6.45, 7) is 4.21. The Kier molecular flexibility index (Phi) is 3.82. The van der Waals surface area contributed by atoms with Crippen molar-refractivity contribution in [3.63, 3.8) is 0 Å². The van der Waals surface area contributed by atoms with Crippen LogP contribution in [0.4, 0.5) is 0 Å². The van der Waals surface area contributed by atoms with Gasteiger partial charge in [-0.05, 0) is 24.5 Å². The highest BCUT2D eigenvalue weighted by Crippen LogP contribution is 2.25. The fraction of sp³-hybridized carbons (Fsp3) is 0.400. The van der Waals surface area contributed by atoms with Crippen LogP contribution in [-0.2, 0) is 18.2 Å². The summed E-state index contributed by atoms with van der Waals surface area (Å²) in [6, 6.07) is 8.52. The van der Waals surface area contributed by atoms with E-state index in [1.54, 1.807) is 7.11 Å². The number of benzene rings is 1. The van der Waals surface area contributed by atoms with E-state index in [-0.39, 0.29) is 6.10 Å². The quantitative estimate of drug-likeness (QED) is 0.824. The molecule has 1 heterocycles. The molecule has 1 aromatic carbocycles. The number of ether oxygens (including phenoxy) is 1. The normalized spacial score (nSPS) is 12.7. The van der Waals surface area contributed by atoms with Gasteiger partial charge in [-0.15, -0.1) is 0 Å². The summed E-state index contributed by atoms with van der Waals surface area (Å²) in [5.41, 5.74) is 4.90. The molecule has 3 heteroatoms. The third-order valence-corrected chi connectivity index (χ3v) is 3.44. The van der Waals surface area contributed by atoms with E-state index in [0.717, 1.165) is 6.42 Å². The molecule has 1 aromatic heterocycles. The molecule has 0 saturated heterocycles. The molecule has 18 heavy (non-hydrogen) atoms. The molecule has 2 aromatic rings. The van der Waals surface area contributed by atoms with Gasteiger partial charge in [0.1, 0.15) is 0 Å². The Morgan fingerprint density at radius 2 is 1.94 bits per heavy atom. The largest absolute Gasteiger partial charge is 0.377 e. The summed E-state index contributed by atoms with van der Waals surface area (Å²) in [6.07, 6.45) is 3.06. The second-order valence-electron chi connectivity index (χ2n) is 4.48. The highest BCUT2D eigenvalue weighted by molar-refractivity contribution is 5.65. The lowest BCUT2D eigenvalue weighted by molar-refractivity contribution is 0.119. The molecular formula is C15H20N2O. The Labute approximate surface area is 108 Å². The van der Waals surface area contributed by atoms with Gasteiger partial charge in [0, 0.05) is 25.4 Å². The first-order chi connectivity index (χ1) is 8.67. The van der Waals surface area contributed by atoms with Gasteiger partial charge in [0.25, 0.3) is 0 Å². The Hall–Kier alpha value is -1.61. The molecule has 0 spiro atoms. The molecule has 0 amide bonds. The van der Waals surface area contributed by atoms with Crippen molar-refractivity contribution in [1.29, 1.82) is 0 Å². The van der Waals surface area contributed by atoms with Gasteiger partial charge >= 0.3 is 0 Å². The van der Waals surface area contributed by atoms with Crippen molar-refractivity contribution >= 4 is 0 Å². The number of aryl methyl sites for hydroxylation is 1. The first-order valence-electron chi connectivity index (χ1n) is 6.31. The van der Waals surface area contributed by atoms with Crippen LogP contribution in [0.5, 0.6) is 0 Å². The molecule has 1 atom stereocenters. The van der Waals surface area contributed by atoms with Crippen LogP contribution in [0.2, 0.25) is 0 Å². The molecule has 0 saturated carbocycles. The van der Waals surface area contributed by atoms with Crippen LogP contribution >= 0.6 is 0 Å². The maximum absolute atomic E-state index is 5.31. The van der Waals surface area contributed by atoms with Crippen molar-refractivity contribution in [1.82, 2.24) is 9.78 Å². The lowest BCUT2D eigenvalue weighted by Gasteiger charge is -2.10. The minimum atomic E-state index is 0.138. The van der Waals surface area contributed by atoms with Crippen LogP contribution in [0.15, 0.2) is 30.5 Å². The lowest BCUT2D eigenvalue weighted by Crippen LogP contribution is -1.97. The minimum absolute atomic E-state index is 0.138. The predicted octanol–water partition coefficient (Wildman–Crippen LogP) is 3.36. The third-order valence-electron chi connectivity index (χ3n) is 3.44. The van der Waals surface area contributed by atoms with Gasteiger partial charge < -0.3 is 4.74 Å². The smallest absolute Gasteiger partial charge is 0.0793 e. The molecule has 0 radical (unpaired) electrons. The molecular weight excluding hydrogens is 224 g/mol. The minimum Gasteiger partial charge on any atom is -0.377 e. The van der Waals surface area contributed by atoms with Crippen molar-refractivity contribution in [2.75, 3.05) is 7.11 Å². The number of rotatable bonds is 4. The Balaban J connectivity index is 2.34. The SMILES string of the molecule is CCc1c(-c2ccc([C@H](C)OC)cc2)cnn1C. The van der Waals surface area contributed by atoms with E-state index in [9.17, 15) is 0 Å². The van der Waals surface area contributed by atoms with E-state index in [0.29, 0.717) is 0 Å². The summed E-state index contributed by atoms with van der Waals surface area (Å²) >= 11 is 0. The van der Waals surface area contributed by atoms with Gasteiger partial charge in [-0.2, -0.15) is 5.10 Å². The van der Waals surface area contributed by atoms with Crippen LogP contribution in [-0.4, -0.2) is 16.9 Å². The number of aromatic nitrogens is 2. The molecule has 3 nitrogen and oxygen atoms in total. The van der Waals surface area contributed by atoms with E-state index in [1.807, 2.05) is 17.9 Å². The summed E-state index contributed by atoms with van der Waals surface area (Å²) in [5.74, 6) is 0. The fourth-order valence-electron chi connectivity index (χ4n) is 2.19.